The molecule has 0 bridgehead atoms. The number of hydrogen-bond donors (Lipinski definition) is 1. The van der Waals surface area contributed by atoms with E-state index in [9.17, 15) is 8.78 Å². The topological polar surface area (TPSA) is 34.1 Å². The Morgan fingerprint density at radius 1 is 1.33 bits per heavy atom. The first-order valence-corrected chi connectivity index (χ1v) is 5.65. The molecule has 0 aliphatic carbocycles. The van der Waals surface area contributed by atoms with E-state index in [2.05, 4.69) is 10.3 Å². The largest absolute Gasteiger partial charge is 0.472 e. The van der Waals surface area contributed by atoms with Crippen LogP contribution in [-0.2, 0) is 6.54 Å². The predicted molar refractivity (Wildman–Crippen MR) is 66.0 cm³/mol. The van der Waals surface area contributed by atoms with Gasteiger partial charge >= 0.3 is 0 Å². The molecule has 1 N–H and O–H groups in total. The zero-order valence-electron chi connectivity index (χ0n) is 9.99. The van der Waals surface area contributed by atoms with Crippen molar-refractivity contribution < 1.29 is 13.5 Å². The Kier molecular flexibility index (Phi) is 4.04. The third kappa shape index (κ3) is 2.92. The second-order valence-electron chi connectivity index (χ2n) is 3.87. The average Bonchev–Trinajstić information content (AvgIpc) is 2.37. The number of nitrogens with zero attached hydrogens (tertiary/aromatic N) is 1. The van der Waals surface area contributed by atoms with Crippen LogP contribution in [0.5, 0.6) is 5.88 Å². The zero-order valence-corrected chi connectivity index (χ0v) is 9.99. The van der Waals surface area contributed by atoms with Crippen molar-refractivity contribution >= 4 is 10.9 Å². The van der Waals surface area contributed by atoms with Gasteiger partial charge in [0.15, 0.2) is 6.61 Å². The Bertz CT molecular complexity index is 531. The lowest BCUT2D eigenvalue weighted by Gasteiger charge is -2.10. The number of para-hydroxylation sites is 1. The third-order valence-electron chi connectivity index (χ3n) is 2.50. The normalized spacial score (nSPS) is 11.1. The van der Waals surface area contributed by atoms with Crippen molar-refractivity contribution in [1.29, 1.82) is 0 Å². The maximum Gasteiger partial charge on any atom is 0.272 e. The third-order valence-corrected chi connectivity index (χ3v) is 2.50. The van der Waals surface area contributed by atoms with Gasteiger partial charge in [-0.3, -0.25) is 0 Å². The maximum absolute atomic E-state index is 12.1. The van der Waals surface area contributed by atoms with Crippen molar-refractivity contribution in [3.63, 3.8) is 0 Å². The summed E-state index contributed by atoms with van der Waals surface area (Å²) in [5, 5.41) is 4.03. The molecule has 0 radical (unpaired) electrons. The van der Waals surface area contributed by atoms with Gasteiger partial charge in [0.05, 0.1) is 5.52 Å². The minimum absolute atomic E-state index is 0.235. The lowest BCUT2D eigenvalue weighted by Crippen LogP contribution is -2.10. The molecule has 0 unspecified atom stereocenters. The van der Waals surface area contributed by atoms with Gasteiger partial charge in [-0.25, -0.2) is 13.8 Å². The van der Waals surface area contributed by atoms with Gasteiger partial charge in [-0.15, -0.1) is 0 Å². The van der Waals surface area contributed by atoms with Gasteiger partial charge in [0.1, 0.15) is 0 Å². The Morgan fingerprint density at radius 2 is 2.11 bits per heavy atom. The number of ether oxygens (including phenoxy) is 1. The van der Waals surface area contributed by atoms with E-state index in [0.29, 0.717) is 6.54 Å². The van der Waals surface area contributed by atoms with Crippen molar-refractivity contribution in [1.82, 2.24) is 10.3 Å². The Labute approximate surface area is 104 Å². The molecule has 96 valence electrons. The maximum atomic E-state index is 12.1. The molecule has 5 heteroatoms. The fourth-order valence-corrected chi connectivity index (χ4v) is 1.78. The molecule has 0 fully saturated rings. The van der Waals surface area contributed by atoms with Gasteiger partial charge < -0.3 is 10.1 Å². The molecule has 0 amide bonds. The Balaban J connectivity index is 2.37. The lowest BCUT2D eigenvalue weighted by molar-refractivity contribution is 0.0797. The van der Waals surface area contributed by atoms with Crippen molar-refractivity contribution in [3.8, 4) is 5.88 Å². The molecule has 0 saturated heterocycles. The summed E-state index contributed by atoms with van der Waals surface area (Å²) in [4.78, 5) is 4.21. The second kappa shape index (κ2) is 5.73. The molecule has 0 aliphatic rings. The summed E-state index contributed by atoms with van der Waals surface area (Å²) in [7, 11) is 1.83. The van der Waals surface area contributed by atoms with Gasteiger partial charge in [0.2, 0.25) is 5.88 Å². The second-order valence-corrected chi connectivity index (χ2v) is 3.87. The highest BCUT2D eigenvalue weighted by molar-refractivity contribution is 5.82. The molecule has 3 nitrogen and oxygen atoms in total. The smallest absolute Gasteiger partial charge is 0.272 e. The molecular weight excluding hydrogens is 238 g/mol. The fraction of sp³-hybridized carbons (Fsp3) is 0.308. The minimum atomic E-state index is -2.49. The number of fused-ring (bicyclic) bond motifs is 1. The summed E-state index contributed by atoms with van der Waals surface area (Å²) in [5.41, 5.74) is 1.72. The number of halogens is 2. The van der Waals surface area contributed by atoms with Crippen LogP contribution in [-0.4, -0.2) is 25.1 Å². The number of nitrogens with one attached hydrogen (secondary N) is 1. The summed E-state index contributed by atoms with van der Waals surface area (Å²) in [6.45, 7) is -0.00158. The molecule has 18 heavy (non-hydrogen) atoms. The SMILES string of the molecule is CNCc1cc(OCC(F)F)nc2ccccc12. The molecule has 0 spiro atoms. The van der Waals surface area contributed by atoms with Crippen molar-refractivity contribution in [3.05, 3.63) is 35.9 Å². The van der Waals surface area contributed by atoms with Crippen LogP contribution < -0.4 is 10.1 Å². The van der Waals surface area contributed by atoms with Crippen LogP contribution in [0.1, 0.15) is 5.56 Å². The quantitative estimate of drug-likeness (QED) is 0.888. The summed E-state index contributed by atoms with van der Waals surface area (Å²) in [6.07, 6.45) is -2.49. The van der Waals surface area contributed by atoms with E-state index < -0.39 is 13.0 Å². The zero-order chi connectivity index (χ0) is 13.0. The van der Waals surface area contributed by atoms with Crippen molar-refractivity contribution in [2.45, 2.75) is 13.0 Å². The van der Waals surface area contributed by atoms with Gasteiger partial charge in [-0.1, -0.05) is 18.2 Å². The molecule has 2 rings (SSSR count). The molecule has 0 saturated carbocycles. The first-order valence-electron chi connectivity index (χ1n) is 5.65. The van der Waals surface area contributed by atoms with Crippen LogP contribution in [0.2, 0.25) is 0 Å². The minimum Gasteiger partial charge on any atom is -0.472 e. The number of alkyl halides is 2. The van der Waals surface area contributed by atoms with E-state index in [1.54, 1.807) is 6.07 Å². The molecule has 2 aromatic rings. The molecule has 1 heterocycles. The lowest BCUT2D eigenvalue weighted by atomic mass is 10.1. The Hall–Kier alpha value is -1.75. The van der Waals surface area contributed by atoms with E-state index in [0.717, 1.165) is 16.5 Å². The van der Waals surface area contributed by atoms with Crippen LogP contribution in [0, 0.1) is 0 Å². The van der Waals surface area contributed by atoms with Gasteiger partial charge in [-0.2, -0.15) is 0 Å². The first kappa shape index (κ1) is 12.7. The number of aromatic nitrogens is 1. The summed E-state index contributed by atoms with van der Waals surface area (Å²) >= 11 is 0. The average molecular weight is 252 g/mol. The summed E-state index contributed by atoms with van der Waals surface area (Å²) in [6, 6.07) is 9.26. The standard InChI is InChI=1S/C13H14F2N2O/c1-16-7-9-6-13(18-8-12(14)15)17-11-5-3-2-4-10(9)11/h2-6,12,16H,7-8H2,1H3. The Morgan fingerprint density at radius 3 is 2.83 bits per heavy atom. The number of hydrogen-bond acceptors (Lipinski definition) is 3. The van der Waals surface area contributed by atoms with E-state index in [1.165, 1.54) is 0 Å². The van der Waals surface area contributed by atoms with Gasteiger partial charge in [0.25, 0.3) is 6.43 Å². The molecule has 0 aliphatic heterocycles. The molecule has 0 atom stereocenters. The highest BCUT2D eigenvalue weighted by Crippen LogP contribution is 2.22. The number of rotatable bonds is 5. The van der Waals surface area contributed by atoms with E-state index >= 15 is 0 Å². The first-order chi connectivity index (χ1) is 8.70. The fourth-order valence-electron chi connectivity index (χ4n) is 1.78. The van der Waals surface area contributed by atoms with Crippen LogP contribution in [0.25, 0.3) is 10.9 Å². The van der Waals surface area contributed by atoms with Crippen molar-refractivity contribution in [2.75, 3.05) is 13.7 Å². The summed E-state index contributed by atoms with van der Waals surface area (Å²) < 4.78 is 29.2. The highest BCUT2D eigenvalue weighted by atomic mass is 19.3. The monoisotopic (exact) mass is 252 g/mol. The summed E-state index contributed by atoms with van der Waals surface area (Å²) in [5.74, 6) is 0.235. The van der Waals surface area contributed by atoms with E-state index in [4.69, 9.17) is 4.74 Å². The van der Waals surface area contributed by atoms with Crippen LogP contribution in [0.4, 0.5) is 8.78 Å². The van der Waals surface area contributed by atoms with Crippen molar-refractivity contribution in [2.24, 2.45) is 0 Å². The van der Waals surface area contributed by atoms with Crippen LogP contribution in [0.15, 0.2) is 30.3 Å². The van der Waals surface area contributed by atoms with Gasteiger partial charge in [-0.05, 0) is 18.7 Å². The van der Waals surface area contributed by atoms with E-state index in [-0.39, 0.29) is 5.88 Å². The van der Waals surface area contributed by atoms with Crippen LogP contribution in [0.3, 0.4) is 0 Å². The van der Waals surface area contributed by atoms with E-state index in [1.807, 2.05) is 31.3 Å². The van der Waals surface area contributed by atoms with Gasteiger partial charge in [0, 0.05) is 18.0 Å². The number of pyridine rings is 1. The highest BCUT2D eigenvalue weighted by Gasteiger charge is 2.08. The predicted octanol–water partition coefficient (Wildman–Crippen LogP) is 2.60. The molecular formula is C13H14F2N2O. The molecule has 1 aromatic heterocycles. The van der Waals surface area contributed by atoms with Crippen LogP contribution >= 0.6 is 0 Å². The molecule has 1 aromatic carbocycles. The number of benzene rings is 1.